The molecule has 2 heterocycles. The zero-order valence-corrected chi connectivity index (χ0v) is 13.6. The van der Waals surface area contributed by atoms with Crippen LogP contribution in [0, 0.1) is 12.8 Å². The van der Waals surface area contributed by atoms with E-state index < -0.39 is 5.97 Å². The maximum absolute atomic E-state index is 13.0. The van der Waals surface area contributed by atoms with Gasteiger partial charge in [0.25, 0.3) is 5.91 Å². The van der Waals surface area contributed by atoms with Crippen molar-refractivity contribution < 1.29 is 14.7 Å². The molecule has 1 aromatic rings. The lowest BCUT2D eigenvalue weighted by Gasteiger charge is -2.31. The number of piperidine rings is 1. The summed E-state index contributed by atoms with van der Waals surface area (Å²) in [5, 5.41) is 9.09. The first-order valence-electron chi connectivity index (χ1n) is 8.44. The fraction of sp³-hybridized carbons (Fsp3) is 0.556. The topological polar surface area (TPSA) is 60.9 Å². The molecule has 5 nitrogen and oxygen atoms in total. The highest BCUT2D eigenvalue weighted by Gasteiger charge is 2.29. The molecule has 23 heavy (non-hydrogen) atoms. The van der Waals surface area contributed by atoms with Crippen molar-refractivity contribution in [3.8, 4) is 0 Å². The number of carboxylic acids is 1. The number of likely N-dealkylation sites (tertiary alicyclic amines) is 1. The van der Waals surface area contributed by atoms with Gasteiger partial charge in [0.2, 0.25) is 0 Å². The van der Waals surface area contributed by atoms with Gasteiger partial charge in [0.05, 0.1) is 11.5 Å². The van der Waals surface area contributed by atoms with E-state index in [0.717, 1.165) is 29.9 Å². The molecule has 0 unspecified atom stereocenters. The Kier molecular flexibility index (Phi) is 4.55. The average molecular weight is 316 g/mol. The van der Waals surface area contributed by atoms with Crippen LogP contribution >= 0.6 is 0 Å². The van der Waals surface area contributed by atoms with Crippen molar-refractivity contribution in [2.45, 2.75) is 32.6 Å². The second-order valence-electron chi connectivity index (χ2n) is 6.62. The van der Waals surface area contributed by atoms with E-state index in [1.165, 1.54) is 12.8 Å². The number of carbonyl (C=O) groups excluding carboxylic acids is 1. The highest BCUT2D eigenvalue weighted by Crippen LogP contribution is 2.28. The molecule has 0 saturated carbocycles. The molecule has 0 atom stereocenters. The lowest BCUT2D eigenvalue weighted by molar-refractivity contribution is -0.143. The van der Waals surface area contributed by atoms with E-state index in [9.17, 15) is 9.59 Å². The Morgan fingerprint density at radius 1 is 1.09 bits per heavy atom. The highest BCUT2D eigenvalue weighted by atomic mass is 16.4. The van der Waals surface area contributed by atoms with Crippen molar-refractivity contribution in [1.82, 2.24) is 4.90 Å². The van der Waals surface area contributed by atoms with Gasteiger partial charge < -0.3 is 14.9 Å². The Bertz CT molecular complexity index is 600. The van der Waals surface area contributed by atoms with E-state index in [0.29, 0.717) is 25.9 Å². The first-order valence-corrected chi connectivity index (χ1v) is 8.44. The van der Waals surface area contributed by atoms with E-state index in [2.05, 4.69) is 17.0 Å². The van der Waals surface area contributed by atoms with Crippen LogP contribution in [-0.2, 0) is 4.79 Å². The number of nitrogens with zero attached hydrogens (tertiary/aromatic N) is 2. The number of amides is 1. The summed E-state index contributed by atoms with van der Waals surface area (Å²) in [4.78, 5) is 28.1. The highest BCUT2D eigenvalue weighted by molar-refractivity contribution is 6.00. The molecule has 1 amide bonds. The Labute approximate surface area is 136 Å². The third-order valence-corrected chi connectivity index (χ3v) is 4.96. The Balaban J connectivity index is 1.79. The van der Waals surface area contributed by atoms with Gasteiger partial charge >= 0.3 is 5.97 Å². The van der Waals surface area contributed by atoms with Gasteiger partial charge in [0.15, 0.2) is 0 Å². The summed E-state index contributed by atoms with van der Waals surface area (Å²) < 4.78 is 0. The van der Waals surface area contributed by atoms with Gasteiger partial charge in [0.1, 0.15) is 0 Å². The number of carboxylic acid groups (broad SMARTS) is 1. The first kappa shape index (κ1) is 15.8. The van der Waals surface area contributed by atoms with Crippen LogP contribution in [0.2, 0.25) is 0 Å². The molecule has 0 spiro atoms. The van der Waals surface area contributed by atoms with Crippen LogP contribution in [0.25, 0.3) is 0 Å². The molecule has 1 aromatic carbocycles. The lowest BCUT2D eigenvalue weighted by Crippen LogP contribution is -2.40. The summed E-state index contributed by atoms with van der Waals surface area (Å²) in [6.07, 6.45) is 3.44. The van der Waals surface area contributed by atoms with Crippen molar-refractivity contribution in [3.05, 3.63) is 29.3 Å². The van der Waals surface area contributed by atoms with Crippen LogP contribution in [-0.4, -0.2) is 48.1 Å². The zero-order chi connectivity index (χ0) is 16.4. The van der Waals surface area contributed by atoms with Crippen molar-refractivity contribution in [2.24, 2.45) is 5.92 Å². The van der Waals surface area contributed by atoms with Gasteiger partial charge in [-0.1, -0.05) is 11.6 Å². The standard InChI is InChI=1S/C18H24N2O3/c1-13-4-5-16(19-8-2-3-9-19)15(12-13)17(21)20-10-6-14(7-11-20)18(22)23/h4-5,12,14H,2-3,6-11H2,1H3,(H,22,23). The van der Waals surface area contributed by atoms with Crippen LogP contribution in [0.4, 0.5) is 5.69 Å². The van der Waals surface area contributed by atoms with Crippen LogP contribution in [0.15, 0.2) is 18.2 Å². The first-order chi connectivity index (χ1) is 11.1. The van der Waals surface area contributed by atoms with E-state index >= 15 is 0 Å². The lowest BCUT2D eigenvalue weighted by atomic mass is 9.96. The molecule has 0 aromatic heterocycles. The normalized spacial score (nSPS) is 19.2. The predicted molar refractivity (Wildman–Crippen MR) is 88.9 cm³/mol. The number of hydrogen-bond acceptors (Lipinski definition) is 3. The summed E-state index contributed by atoms with van der Waals surface area (Å²) in [7, 11) is 0. The largest absolute Gasteiger partial charge is 0.481 e. The molecule has 0 radical (unpaired) electrons. The predicted octanol–water partition coefficient (Wildman–Crippen LogP) is 2.53. The Hall–Kier alpha value is -2.04. The average Bonchev–Trinajstić information content (AvgIpc) is 3.08. The minimum Gasteiger partial charge on any atom is -0.481 e. The molecule has 2 saturated heterocycles. The smallest absolute Gasteiger partial charge is 0.306 e. The maximum Gasteiger partial charge on any atom is 0.306 e. The summed E-state index contributed by atoms with van der Waals surface area (Å²) in [5.41, 5.74) is 2.87. The Morgan fingerprint density at radius 2 is 1.74 bits per heavy atom. The number of benzene rings is 1. The maximum atomic E-state index is 13.0. The fourth-order valence-corrected chi connectivity index (χ4v) is 3.55. The molecule has 2 fully saturated rings. The minimum atomic E-state index is -0.745. The third kappa shape index (κ3) is 3.33. The SMILES string of the molecule is Cc1ccc(N2CCCC2)c(C(=O)N2CCC(C(=O)O)CC2)c1. The van der Waals surface area contributed by atoms with Gasteiger partial charge in [-0.2, -0.15) is 0 Å². The fourth-order valence-electron chi connectivity index (χ4n) is 3.55. The minimum absolute atomic E-state index is 0.0411. The molecular weight excluding hydrogens is 292 g/mol. The van der Waals surface area contributed by atoms with Gasteiger partial charge in [-0.05, 0) is 44.7 Å². The number of hydrogen-bond donors (Lipinski definition) is 1. The van der Waals surface area contributed by atoms with Crippen LogP contribution in [0.5, 0.6) is 0 Å². The molecule has 0 bridgehead atoms. The van der Waals surface area contributed by atoms with Crippen molar-refractivity contribution in [2.75, 3.05) is 31.1 Å². The molecule has 3 rings (SSSR count). The van der Waals surface area contributed by atoms with E-state index in [4.69, 9.17) is 5.11 Å². The number of carbonyl (C=O) groups is 2. The molecule has 5 heteroatoms. The summed E-state index contributed by atoms with van der Waals surface area (Å²) in [5.74, 6) is -1.01. The van der Waals surface area contributed by atoms with Crippen molar-refractivity contribution >= 4 is 17.6 Å². The molecule has 2 aliphatic heterocycles. The second kappa shape index (κ2) is 6.60. The third-order valence-electron chi connectivity index (χ3n) is 4.96. The van der Waals surface area contributed by atoms with Crippen LogP contribution in [0.3, 0.4) is 0 Å². The van der Waals surface area contributed by atoms with Crippen molar-refractivity contribution in [1.29, 1.82) is 0 Å². The number of anilines is 1. The van der Waals surface area contributed by atoms with Gasteiger partial charge in [-0.25, -0.2) is 0 Å². The second-order valence-corrected chi connectivity index (χ2v) is 6.62. The van der Waals surface area contributed by atoms with Crippen molar-refractivity contribution in [3.63, 3.8) is 0 Å². The zero-order valence-electron chi connectivity index (χ0n) is 13.6. The van der Waals surface area contributed by atoms with E-state index in [1.54, 1.807) is 0 Å². The summed E-state index contributed by atoms with van der Waals surface area (Å²) in [6, 6.07) is 6.08. The van der Waals surface area contributed by atoms with Gasteiger partial charge in [0, 0.05) is 31.9 Å². The quantitative estimate of drug-likeness (QED) is 0.931. The van der Waals surface area contributed by atoms with Gasteiger partial charge in [-0.3, -0.25) is 9.59 Å². The molecular formula is C18H24N2O3. The number of aryl methyl sites for hydroxylation is 1. The molecule has 0 aliphatic carbocycles. The monoisotopic (exact) mass is 316 g/mol. The Morgan fingerprint density at radius 3 is 2.35 bits per heavy atom. The number of rotatable bonds is 3. The molecule has 124 valence electrons. The van der Waals surface area contributed by atoms with E-state index in [-0.39, 0.29) is 11.8 Å². The van der Waals surface area contributed by atoms with E-state index in [1.807, 2.05) is 17.9 Å². The summed E-state index contributed by atoms with van der Waals surface area (Å²) >= 11 is 0. The number of aliphatic carboxylic acids is 1. The van der Waals surface area contributed by atoms with Crippen LogP contribution < -0.4 is 4.90 Å². The van der Waals surface area contributed by atoms with Crippen LogP contribution in [0.1, 0.15) is 41.6 Å². The molecule has 2 aliphatic rings. The summed E-state index contributed by atoms with van der Waals surface area (Å²) in [6.45, 7) is 5.07. The van der Waals surface area contributed by atoms with Gasteiger partial charge in [-0.15, -0.1) is 0 Å². The molecule has 1 N–H and O–H groups in total.